The third kappa shape index (κ3) is 8.12. The minimum atomic E-state index is -5.02. The van der Waals surface area contributed by atoms with Crippen molar-refractivity contribution in [2.45, 2.75) is 48.2 Å². The standard InChI is InChI=1S/C21H25B2F3N2O8S/c1-12(29)19(27)4-2-3-5-28-20(30)13-6-15(22(31)32)10-17(7-13)37(35,36)18-9-14(21(24,25)26)8-16(11-18)23(33)34/h6-11,19,31-34H,2-5,27H2,1H3,(H,28,30)/t19-/m0/s1. The van der Waals surface area contributed by atoms with E-state index >= 15 is 0 Å². The Morgan fingerprint density at radius 3 is 2.00 bits per heavy atom. The first-order valence-corrected chi connectivity index (χ1v) is 12.4. The van der Waals surface area contributed by atoms with Crippen LogP contribution in [0.2, 0.25) is 0 Å². The highest BCUT2D eigenvalue weighted by Crippen LogP contribution is 2.31. The van der Waals surface area contributed by atoms with Gasteiger partial charge in [-0.2, -0.15) is 13.2 Å². The van der Waals surface area contributed by atoms with E-state index in [1.807, 2.05) is 0 Å². The van der Waals surface area contributed by atoms with Gasteiger partial charge in [0.1, 0.15) is 5.78 Å². The molecule has 2 aromatic carbocycles. The Morgan fingerprint density at radius 1 is 0.946 bits per heavy atom. The fraction of sp³-hybridized carbons (Fsp3) is 0.333. The van der Waals surface area contributed by atoms with Crippen LogP contribution >= 0.6 is 0 Å². The summed E-state index contributed by atoms with van der Waals surface area (Å²) >= 11 is 0. The first-order valence-electron chi connectivity index (χ1n) is 10.9. The second-order valence-electron chi connectivity index (χ2n) is 8.30. The van der Waals surface area contributed by atoms with E-state index in [9.17, 15) is 51.3 Å². The number of benzene rings is 2. The molecule has 2 rings (SSSR count). The van der Waals surface area contributed by atoms with Crippen LogP contribution < -0.4 is 22.0 Å². The Bertz CT molecular complexity index is 1260. The second-order valence-corrected chi connectivity index (χ2v) is 10.2. The van der Waals surface area contributed by atoms with E-state index in [4.69, 9.17) is 5.73 Å². The third-order valence-electron chi connectivity index (χ3n) is 5.41. The first-order chi connectivity index (χ1) is 17.0. The summed E-state index contributed by atoms with van der Waals surface area (Å²) in [5, 5.41) is 40.3. The van der Waals surface area contributed by atoms with Crippen LogP contribution in [-0.4, -0.2) is 67.0 Å². The van der Waals surface area contributed by atoms with Crippen molar-refractivity contribution < 1.29 is 51.3 Å². The van der Waals surface area contributed by atoms with Gasteiger partial charge in [0.15, 0.2) is 0 Å². The van der Waals surface area contributed by atoms with Crippen LogP contribution in [0.15, 0.2) is 46.2 Å². The van der Waals surface area contributed by atoms with E-state index in [1.165, 1.54) is 6.92 Å². The lowest BCUT2D eigenvalue weighted by molar-refractivity contribution is -0.137. The molecule has 0 heterocycles. The van der Waals surface area contributed by atoms with Crippen molar-refractivity contribution in [3.05, 3.63) is 47.5 Å². The topological polar surface area (TPSA) is 187 Å². The van der Waals surface area contributed by atoms with E-state index < -0.39 is 68.5 Å². The Kier molecular flexibility index (Phi) is 10.0. The molecule has 0 aliphatic rings. The van der Waals surface area contributed by atoms with Crippen molar-refractivity contribution in [3.63, 3.8) is 0 Å². The zero-order chi connectivity index (χ0) is 28.1. The smallest absolute Gasteiger partial charge is 0.423 e. The molecule has 1 amide bonds. The summed E-state index contributed by atoms with van der Waals surface area (Å²) in [5.74, 6) is -0.983. The summed E-state index contributed by atoms with van der Waals surface area (Å²) in [6.45, 7) is 1.47. The molecule has 16 heteroatoms. The van der Waals surface area contributed by atoms with Gasteiger partial charge in [0.25, 0.3) is 5.91 Å². The molecule has 0 unspecified atom stereocenters. The highest BCUT2D eigenvalue weighted by Gasteiger charge is 2.34. The predicted molar refractivity (Wildman–Crippen MR) is 128 cm³/mol. The fourth-order valence-corrected chi connectivity index (χ4v) is 4.70. The highest BCUT2D eigenvalue weighted by molar-refractivity contribution is 7.91. The van der Waals surface area contributed by atoms with Crippen molar-refractivity contribution in [1.82, 2.24) is 5.32 Å². The van der Waals surface area contributed by atoms with Crippen LogP contribution in [-0.2, 0) is 20.8 Å². The van der Waals surface area contributed by atoms with E-state index in [2.05, 4.69) is 5.32 Å². The third-order valence-corrected chi connectivity index (χ3v) is 7.13. The molecule has 0 spiro atoms. The van der Waals surface area contributed by atoms with Gasteiger partial charge in [0.05, 0.1) is 21.4 Å². The molecule has 0 radical (unpaired) electrons. The lowest BCUT2D eigenvalue weighted by atomic mass is 9.79. The number of nitrogens with one attached hydrogen (secondary N) is 1. The largest absolute Gasteiger partial charge is 0.488 e. The van der Waals surface area contributed by atoms with E-state index in [0.717, 1.165) is 18.2 Å². The van der Waals surface area contributed by atoms with Crippen molar-refractivity contribution >= 4 is 46.7 Å². The van der Waals surface area contributed by atoms with Gasteiger partial charge in [-0.15, -0.1) is 0 Å². The molecular formula is C21H25B2F3N2O8S. The molecule has 0 aromatic heterocycles. The van der Waals surface area contributed by atoms with Crippen LogP contribution in [0, 0.1) is 0 Å². The molecule has 0 bridgehead atoms. The molecule has 37 heavy (non-hydrogen) atoms. The van der Waals surface area contributed by atoms with Crippen LogP contribution in [0.5, 0.6) is 0 Å². The number of carbonyl (C=O) groups is 2. The van der Waals surface area contributed by atoms with Crippen molar-refractivity contribution in [2.24, 2.45) is 5.73 Å². The number of nitrogens with two attached hydrogens (primary N) is 1. The predicted octanol–water partition coefficient (Wildman–Crippen LogP) is -1.29. The number of amides is 1. The molecule has 0 aliphatic heterocycles. The quantitative estimate of drug-likeness (QED) is 0.148. The molecule has 0 saturated carbocycles. The number of halogens is 3. The number of ketones is 1. The molecule has 0 fully saturated rings. The summed E-state index contributed by atoms with van der Waals surface area (Å²) in [6.07, 6.45) is -3.69. The molecule has 1 atom stereocenters. The van der Waals surface area contributed by atoms with Crippen LogP contribution in [0.3, 0.4) is 0 Å². The molecule has 10 nitrogen and oxygen atoms in total. The zero-order valence-corrected chi connectivity index (χ0v) is 20.4. The SMILES string of the molecule is CC(=O)[C@@H](N)CCCCNC(=O)c1cc(B(O)O)cc(S(=O)(=O)c2cc(B(O)O)cc(C(F)(F)F)c2)c1. The number of alkyl halides is 3. The van der Waals surface area contributed by atoms with Gasteiger partial charge in [-0.3, -0.25) is 9.59 Å². The van der Waals surface area contributed by atoms with Crippen LogP contribution in [0.4, 0.5) is 13.2 Å². The summed E-state index contributed by atoms with van der Waals surface area (Å²) in [4.78, 5) is 22.1. The molecular weight excluding hydrogens is 519 g/mol. The maximum Gasteiger partial charge on any atom is 0.488 e. The number of Topliss-reactive ketones (excluding diaryl/α,β-unsaturated/α-hetero) is 1. The van der Waals surface area contributed by atoms with Gasteiger partial charge in [-0.25, -0.2) is 8.42 Å². The van der Waals surface area contributed by atoms with E-state index in [0.29, 0.717) is 31.4 Å². The number of hydrogen-bond donors (Lipinski definition) is 6. The molecule has 2 aromatic rings. The van der Waals surface area contributed by atoms with Crippen LogP contribution in [0.1, 0.15) is 42.1 Å². The second kappa shape index (κ2) is 12.2. The summed E-state index contributed by atoms with van der Waals surface area (Å²) in [7, 11) is -9.43. The monoisotopic (exact) mass is 544 g/mol. The molecule has 0 aliphatic carbocycles. The summed E-state index contributed by atoms with van der Waals surface area (Å²) < 4.78 is 66.3. The van der Waals surface area contributed by atoms with Crippen LogP contribution in [0.25, 0.3) is 0 Å². The summed E-state index contributed by atoms with van der Waals surface area (Å²) in [5.41, 5.74) is 2.68. The van der Waals surface area contributed by atoms with E-state index in [-0.39, 0.29) is 24.0 Å². The van der Waals surface area contributed by atoms with E-state index in [1.54, 1.807) is 0 Å². The average Bonchev–Trinajstić information content (AvgIpc) is 2.82. The maximum atomic E-state index is 13.3. The first kappa shape index (κ1) is 30.5. The minimum Gasteiger partial charge on any atom is -0.423 e. The number of hydrogen-bond acceptors (Lipinski definition) is 9. The van der Waals surface area contributed by atoms with Gasteiger partial charge in [0, 0.05) is 12.1 Å². The van der Waals surface area contributed by atoms with Gasteiger partial charge in [-0.05, 0) is 67.4 Å². The molecule has 7 N–H and O–H groups in total. The maximum absolute atomic E-state index is 13.3. The molecule has 0 saturated heterocycles. The lowest BCUT2D eigenvalue weighted by Crippen LogP contribution is -2.33. The minimum absolute atomic E-state index is 0.114. The van der Waals surface area contributed by atoms with Gasteiger partial charge >= 0.3 is 20.4 Å². The van der Waals surface area contributed by atoms with Gasteiger partial charge < -0.3 is 31.1 Å². The number of unbranched alkanes of at least 4 members (excludes halogenated alkanes) is 1. The normalized spacial score (nSPS) is 12.7. The van der Waals surface area contributed by atoms with Crippen molar-refractivity contribution in [3.8, 4) is 0 Å². The Balaban J connectivity index is 2.40. The lowest BCUT2D eigenvalue weighted by Gasteiger charge is -2.14. The summed E-state index contributed by atoms with van der Waals surface area (Å²) in [6, 6.07) is 3.28. The van der Waals surface area contributed by atoms with Crippen molar-refractivity contribution in [2.75, 3.05) is 6.54 Å². The Morgan fingerprint density at radius 2 is 1.49 bits per heavy atom. The number of sulfone groups is 1. The number of rotatable bonds is 11. The average molecular weight is 544 g/mol. The van der Waals surface area contributed by atoms with Crippen molar-refractivity contribution in [1.29, 1.82) is 0 Å². The Labute approximate surface area is 211 Å². The number of carbonyl (C=O) groups excluding carboxylic acids is 2. The van der Waals surface area contributed by atoms with Gasteiger partial charge in [-0.1, -0.05) is 6.07 Å². The fourth-order valence-electron chi connectivity index (χ4n) is 3.28. The zero-order valence-electron chi connectivity index (χ0n) is 19.6. The van der Waals surface area contributed by atoms with Gasteiger partial charge in [0.2, 0.25) is 9.84 Å². The highest BCUT2D eigenvalue weighted by atomic mass is 32.2. The Hall–Kier alpha value is -2.75. The molecule has 200 valence electrons.